The van der Waals surface area contributed by atoms with E-state index in [0.717, 1.165) is 20.9 Å². The van der Waals surface area contributed by atoms with E-state index in [9.17, 15) is 18.0 Å². The van der Waals surface area contributed by atoms with Gasteiger partial charge in [0, 0.05) is 39.7 Å². The maximum Gasteiger partial charge on any atom is 0.330 e. The summed E-state index contributed by atoms with van der Waals surface area (Å²) in [6, 6.07) is 9.72. The van der Waals surface area contributed by atoms with Gasteiger partial charge in [-0.1, -0.05) is 30.3 Å². The monoisotopic (exact) mass is 416 g/mol. The van der Waals surface area contributed by atoms with Crippen molar-refractivity contribution in [3.63, 3.8) is 0 Å². The minimum atomic E-state index is -4.09. The second-order valence-electron chi connectivity index (χ2n) is 6.98. The van der Waals surface area contributed by atoms with Crippen LogP contribution in [0.5, 0.6) is 0 Å². The van der Waals surface area contributed by atoms with Crippen LogP contribution in [-0.2, 0) is 43.5 Å². The van der Waals surface area contributed by atoms with Gasteiger partial charge in [0.2, 0.25) is 10.0 Å². The normalized spacial score (nSPS) is 14.7. The van der Waals surface area contributed by atoms with Gasteiger partial charge in [-0.2, -0.15) is 4.31 Å². The number of benzene rings is 1. The van der Waals surface area contributed by atoms with Crippen LogP contribution in [-0.4, -0.2) is 33.4 Å². The molecule has 0 atom stereocenters. The minimum Gasteiger partial charge on any atom is -0.445 e. The molecular weight excluding hydrogens is 396 g/mol. The van der Waals surface area contributed by atoms with Gasteiger partial charge < -0.3 is 8.98 Å². The summed E-state index contributed by atoms with van der Waals surface area (Å²) in [5.74, 6) is 1.19. The van der Waals surface area contributed by atoms with Crippen molar-refractivity contribution in [1.82, 2.24) is 18.4 Å². The van der Waals surface area contributed by atoms with Crippen LogP contribution >= 0.6 is 0 Å². The summed E-state index contributed by atoms with van der Waals surface area (Å²) in [7, 11) is -1.43. The van der Waals surface area contributed by atoms with E-state index >= 15 is 0 Å². The van der Waals surface area contributed by atoms with E-state index in [1.165, 1.54) is 18.4 Å². The molecule has 10 heteroatoms. The molecule has 2 aromatic heterocycles. The Bertz CT molecular complexity index is 1290. The molecule has 3 heterocycles. The number of fused-ring (bicyclic) bond motifs is 1. The molecule has 0 radical (unpaired) electrons. The number of hydrogen-bond acceptors (Lipinski definition) is 6. The summed E-state index contributed by atoms with van der Waals surface area (Å²) in [6.45, 7) is 0.184. The van der Waals surface area contributed by atoms with Crippen molar-refractivity contribution in [2.45, 2.75) is 24.3 Å². The highest BCUT2D eigenvalue weighted by atomic mass is 32.2. The molecule has 9 nitrogen and oxygen atoms in total. The molecule has 0 N–H and O–H groups in total. The summed E-state index contributed by atoms with van der Waals surface area (Å²) in [5, 5.41) is 0. The van der Waals surface area contributed by atoms with Crippen LogP contribution in [0.1, 0.15) is 22.9 Å². The second-order valence-corrected chi connectivity index (χ2v) is 8.89. The molecule has 152 valence electrons. The highest BCUT2D eigenvalue weighted by Gasteiger charge is 2.33. The standard InChI is InChI=1S/C19H20N4O5S/c1-21-12-16(18(24)22(2)19(21)25)29(26,27)23-9-8-15-14(11-23)20-17(28-15)10-13-6-4-3-5-7-13/h3-7,12H,8-11H2,1-2H3. The van der Waals surface area contributed by atoms with Crippen LogP contribution in [0.25, 0.3) is 0 Å². The molecule has 1 aliphatic heterocycles. The predicted octanol–water partition coefficient (Wildman–Crippen LogP) is 0.410. The molecule has 0 unspecified atom stereocenters. The fourth-order valence-corrected chi connectivity index (χ4v) is 4.92. The van der Waals surface area contributed by atoms with Crippen molar-refractivity contribution in [2.24, 2.45) is 14.1 Å². The molecule has 0 amide bonds. The van der Waals surface area contributed by atoms with Crippen LogP contribution in [0.15, 0.2) is 55.4 Å². The van der Waals surface area contributed by atoms with Crippen LogP contribution < -0.4 is 11.2 Å². The largest absolute Gasteiger partial charge is 0.445 e. The van der Waals surface area contributed by atoms with Gasteiger partial charge in [0.05, 0.1) is 12.2 Å². The molecule has 0 spiro atoms. The summed E-state index contributed by atoms with van der Waals surface area (Å²) in [4.78, 5) is 28.3. The number of hydrogen-bond donors (Lipinski definition) is 0. The first kappa shape index (κ1) is 19.3. The number of aryl methyl sites for hydroxylation is 1. The van der Waals surface area contributed by atoms with Gasteiger partial charge >= 0.3 is 5.69 Å². The van der Waals surface area contributed by atoms with Crippen molar-refractivity contribution in [3.8, 4) is 0 Å². The van der Waals surface area contributed by atoms with Crippen LogP contribution in [0.2, 0.25) is 0 Å². The molecule has 29 heavy (non-hydrogen) atoms. The van der Waals surface area contributed by atoms with Gasteiger partial charge in [-0.15, -0.1) is 0 Å². The Morgan fingerprint density at radius 3 is 2.59 bits per heavy atom. The number of oxazole rings is 1. The van der Waals surface area contributed by atoms with E-state index in [4.69, 9.17) is 4.42 Å². The van der Waals surface area contributed by atoms with E-state index in [1.807, 2.05) is 30.3 Å². The molecule has 0 fully saturated rings. The van der Waals surface area contributed by atoms with Crippen molar-refractivity contribution >= 4 is 10.0 Å². The number of rotatable bonds is 4. The van der Waals surface area contributed by atoms with E-state index in [1.54, 1.807) is 0 Å². The quantitative estimate of drug-likeness (QED) is 0.610. The van der Waals surface area contributed by atoms with E-state index in [2.05, 4.69) is 4.98 Å². The highest BCUT2D eigenvalue weighted by Crippen LogP contribution is 2.25. The molecule has 1 aliphatic rings. The number of nitrogens with zero attached hydrogens (tertiary/aromatic N) is 4. The molecule has 0 bridgehead atoms. The summed E-state index contributed by atoms with van der Waals surface area (Å²) in [5.41, 5.74) is 0.164. The van der Waals surface area contributed by atoms with Crippen molar-refractivity contribution in [2.75, 3.05) is 6.54 Å². The lowest BCUT2D eigenvalue weighted by Gasteiger charge is -2.24. The topological polar surface area (TPSA) is 107 Å². The zero-order valence-electron chi connectivity index (χ0n) is 16.0. The molecule has 0 aliphatic carbocycles. The first-order chi connectivity index (χ1) is 13.8. The van der Waals surface area contributed by atoms with Crippen LogP contribution in [0.3, 0.4) is 0 Å². The Kier molecular flexibility index (Phi) is 4.75. The Morgan fingerprint density at radius 1 is 1.14 bits per heavy atom. The highest BCUT2D eigenvalue weighted by molar-refractivity contribution is 7.89. The Morgan fingerprint density at radius 2 is 1.86 bits per heavy atom. The zero-order valence-corrected chi connectivity index (χ0v) is 16.8. The van der Waals surface area contributed by atoms with Crippen molar-refractivity contribution in [1.29, 1.82) is 0 Å². The third-order valence-corrected chi connectivity index (χ3v) is 6.80. The third kappa shape index (κ3) is 3.45. The van der Waals surface area contributed by atoms with E-state index in [0.29, 0.717) is 30.2 Å². The summed E-state index contributed by atoms with van der Waals surface area (Å²) in [6.07, 6.45) is 1.95. The van der Waals surface area contributed by atoms with Gasteiger partial charge in [0.15, 0.2) is 10.8 Å². The first-order valence-corrected chi connectivity index (χ1v) is 10.5. The van der Waals surface area contributed by atoms with Crippen LogP contribution in [0, 0.1) is 0 Å². The minimum absolute atomic E-state index is 0.0158. The van der Waals surface area contributed by atoms with Gasteiger partial charge in [-0.05, 0) is 5.56 Å². The maximum absolute atomic E-state index is 13.1. The Balaban J connectivity index is 1.63. The lowest BCUT2D eigenvalue weighted by molar-refractivity contribution is 0.356. The van der Waals surface area contributed by atoms with E-state index in [-0.39, 0.29) is 13.1 Å². The fraction of sp³-hybridized carbons (Fsp3) is 0.316. The average Bonchev–Trinajstić information content (AvgIpc) is 3.11. The fourth-order valence-electron chi connectivity index (χ4n) is 3.37. The average molecular weight is 416 g/mol. The molecule has 3 aromatic rings. The molecule has 4 rings (SSSR count). The Hall–Kier alpha value is -2.98. The van der Waals surface area contributed by atoms with Crippen LogP contribution in [0.4, 0.5) is 0 Å². The molecule has 0 saturated heterocycles. The van der Waals surface area contributed by atoms with Crippen molar-refractivity contribution in [3.05, 3.63) is 80.3 Å². The maximum atomic E-state index is 13.1. The number of sulfonamides is 1. The van der Waals surface area contributed by atoms with Gasteiger partial charge in [0.25, 0.3) is 5.56 Å². The smallest absolute Gasteiger partial charge is 0.330 e. The lowest BCUT2D eigenvalue weighted by Crippen LogP contribution is -2.43. The molecule has 1 aromatic carbocycles. The van der Waals surface area contributed by atoms with Gasteiger partial charge in [0.1, 0.15) is 5.76 Å². The van der Waals surface area contributed by atoms with E-state index < -0.39 is 26.2 Å². The SMILES string of the molecule is Cn1cc(S(=O)(=O)N2CCc3oc(Cc4ccccc4)nc3C2)c(=O)n(C)c1=O. The zero-order chi connectivity index (χ0) is 20.8. The first-order valence-electron chi connectivity index (χ1n) is 9.05. The Labute approximate surface area is 166 Å². The molecular formula is C19H20N4O5S. The lowest BCUT2D eigenvalue weighted by atomic mass is 10.1. The number of aromatic nitrogens is 3. The summed E-state index contributed by atoms with van der Waals surface area (Å²) < 4.78 is 35.0. The van der Waals surface area contributed by atoms with Crippen molar-refractivity contribution < 1.29 is 12.8 Å². The van der Waals surface area contributed by atoms with Gasteiger partial charge in [-0.3, -0.25) is 9.36 Å². The predicted molar refractivity (Wildman–Crippen MR) is 104 cm³/mol. The third-order valence-electron chi connectivity index (χ3n) is 4.97. The summed E-state index contributed by atoms with van der Waals surface area (Å²) >= 11 is 0. The molecule has 0 saturated carbocycles. The second kappa shape index (κ2) is 7.12. The van der Waals surface area contributed by atoms with Gasteiger partial charge in [-0.25, -0.2) is 18.2 Å².